The van der Waals surface area contributed by atoms with E-state index in [9.17, 15) is 4.79 Å². The zero-order chi connectivity index (χ0) is 20.2. The Hall–Kier alpha value is -2.88. The van der Waals surface area contributed by atoms with Gasteiger partial charge in [0, 0.05) is 35.4 Å². The van der Waals surface area contributed by atoms with Crippen molar-refractivity contribution < 1.29 is 4.79 Å². The lowest BCUT2D eigenvalue weighted by Crippen LogP contribution is -2.29. The molecule has 1 aliphatic rings. The molecule has 1 aromatic heterocycles. The second-order valence-corrected chi connectivity index (χ2v) is 8.23. The van der Waals surface area contributed by atoms with Crippen LogP contribution < -0.4 is 10.6 Å². The first kappa shape index (κ1) is 19.4. The van der Waals surface area contributed by atoms with Crippen molar-refractivity contribution in [3.05, 3.63) is 65.9 Å². The van der Waals surface area contributed by atoms with Gasteiger partial charge in [0.2, 0.25) is 5.91 Å². The van der Waals surface area contributed by atoms with E-state index in [0.717, 1.165) is 54.7 Å². The van der Waals surface area contributed by atoms with Gasteiger partial charge < -0.3 is 10.6 Å². The van der Waals surface area contributed by atoms with Crippen LogP contribution in [0.1, 0.15) is 36.8 Å². The topological polar surface area (TPSA) is 54.0 Å². The number of carbonyl (C=O) groups is 1. The smallest absolute Gasteiger partial charge is 0.227 e. The van der Waals surface area contributed by atoms with Gasteiger partial charge in [-0.2, -0.15) is 0 Å². The summed E-state index contributed by atoms with van der Waals surface area (Å²) in [5, 5.41) is 7.93. The maximum atomic E-state index is 12.7. The van der Waals surface area contributed by atoms with Crippen LogP contribution in [-0.2, 0) is 4.79 Å². The monoisotopic (exact) mass is 387 g/mol. The van der Waals surface area contributed by atoms with Crippen molar-refractivity contribution >= 4 is 28.2 Å². The highest BCUT2D eigenvalue weighted by atomic mass is 16.1. The molecule has 2 N–H and O–H groups in total. The molecule has 1 heterocycles. The molecule has 2 aromatic carbocycles. The van der Waals surface area contributed by atoms with Gasteiger partial charge >= 0.3 is 0 Å². The highest BCUT2D eigenvalue weighted by Gasteiger charge is 2.26. The van der Waals surface area contributed by atoms with E-state index in [1.165, 1.54) is 10.9 Å². The Morgan fingerprint density at radius 1 is 0.931 bits per heavy atom. The molecule has 4 rings (SSSR count). The van der Waals surface area contributed by atoms with Crippen LogP contribution in [0.25, 0.3) is 10.9 Å². The quantitative estimate of drug-likeness (QED) is 0.590. The molecule has 29 heavy (non-hydrogen) atoms. The molecular weight excluding hydrogens is 358 g/mol. The van der Waals surface area contributed by atoms with Gasteiger partial charge in [0.25, 0.3) is 0 Å². The summed E-state index contributed by atoms with van der Waals surface area (Å²) in [7, 11) is 0. The third-order valence-corrected chi connectivity index (χ3v) is 6.17. The minimum absolute atomic E-state index is 0.121. The van der Waals surface area contributed by atoms with Crippen molar-refractivity contribution in [2.75, 3.05) is 17.2 Å². The van der Waals surface area contributed by atoms with Crippen LogP contribution in [0, 0.1) is 25.7 Å². The Bertz CT molecular complexity index is 1010. The van der Waals surface area contributed by atoms with Crippen molar-refractivity contribution in [1.29, 1.82) is 0 Å². The van der Waals surface area contributed by atoms with Gasteiger partial charge in [0.05, 0.1) is 5.52 Å². The predicted octanol–water partition coefficient (Wildman–Crippen LogP) is 5.71. The van der Waals surface area contributed by atoms with Gasteiger partial charge in [-0.05, 0) is 68.7 Å². The molecule has 0 atom stereocenters. The number of nitrogens with one attached hydrogen (secondary N) is 2. The van der Waals surface area contributed by atoms with Gasteiger partial charge in [0.15, 0.2) is 0 Å². The maximum Gasteiger partial charge on any atom is 0.227 e. The number of aryl methyl sites for hydroxylation is 2. The Morgan fingerprint density at radius 3 is 2.48 bits per heavy atom. The van der Waals surface area contributed by atoms with E-state index in [1.54, 1.807) is 0 Å². The third-order valence-electron chi connectivity index (χ3n) is 6.17. The number of amides is 1. The number of hydrogen-bond acceptors (Lipinski definition) is 3. The summed E-state index contributed by atoms with van der Waals surface area (Å²) < 4.78 is 0. The van der Waals surface area contributed by atoms with Gasteiger partial charge in [0.1, 0.15) is 0 Å². The second-order valence-electron chi connectivity index (χ2n) is 8.23. The number of nitrogens with zero attached hydrogens (tertiary/aromatic N) is 1. The minimum Gasteiger partial charge on any atom is -0.384 e. The van der Waals surface area contributed by atoms with E-state index >= 15 is 0 Å². The third kappa shape index (κ3) is 4.42. The molecule has 0 saturated heterocycles. The van der Waals surface area contributed by atoms with E-state index < -0.39 is 0 Å². The summed E-state index contributed by atoms with van der Waals surface area (Å²) in [5.41, 5.74) is 5.46. The number of rotatable bonds is 5. The molecule has 1 saturated carbocycles. The molecule has 3 aromatic rings. The lowest BCUT2D eigenvalue weighted by atomic mass is 9.81. The van der Waals surface area contributed by atoms with Crippen LogP contribution >= 0.6 is 0 Å². The summed E-state index contributed by atoms with van der Waals surface area (Å²) in [4.78, 5) is 17.2. The lowest BCUT2D eigenvalue weighted by Gasteiger charge is -2.28. The predicted molar refractivity (Wildman–Crippen MR) is 120 cm³/mol. The normalized spacial score (nSPS) is 19.1. The first-order valence-corrected chi connectivity index (χ1v) is 10.6. The van der Waals surface area contributed by atoms with Crippen molar-refractivity contribution in [2.24, 2.45) is 11.8 Å². The molecule has 4 nitrogen and oxygen atoms in total. The highest BCUT2D eigenvalue weighted by Crippen LogP contribution is 2.31. The van der Waals surface area contributed by atoms with Crippen LogP contribution in [-0.4, -0.2) is 17.4 Å². The van der Waals surface area contributed by atoms with E-state index in [2.05, 4.69) is 46.8 Å². The fourth-order valence-electron chi connectivity index (χ4n) is 4.31. The van der Waals surface area contributed by atoms with Crippen LogP contribution in [0.15, 0.2) is 54.7 Å². The second kappa shape index (κ2) is 8.64. The number of aromatic nitrogens is 1. The van der Waals surface area contributed by atoms with Crippen LogP contribution in [0.4, 0.5) is 11.4 Å². The molecular formula is C25H29N3O. The summed E-state index contributed by atoms with van der Waals surface area (Å²) in [6.07, 6.45) is 5.97. The standard InChI is InChI=1S/C25H29N3O/c1-17-6-3-4-9-22(17)28-25(29)20-12-10-19(11-13-20)16-27-23-14-15-26-24-18(2)7-5-8-21(23)24/h3-9,14-15,19-20H,10-13,16H2,1-2H3,(H,26,27)(H,28,29). The van der Waals surface area contributed by atoms with Crippen molar-refractivity contribution in [3.63, 3.8) is 0 Å². The average molecular weight is 388 g/mol. The summed E-state index contributed by atoms with van der Waals surface area (Å²) in [6.45, 7) is 5.07. The zero-order valence-electron chi connectivity index (χ0n) is 17.2. The number of carbonyl (C=O) groups excluding carboxylic acids is 1. The number of fused-ring (bicyclic) bond motifs is 1. The van der Waals surface area contributed by atoms with Gasteiger partial charge in [-0.15, -0.1) is 0 Å². The van der Waals surface area contributed by atoms with Gasteiger partial charge in [-0.3, -0.25) is 9.78 Å². The molecule has 0 spiro atoms. The molecule has 1 fully saturated rings. The van der Waals surface area contributed by atoms with Crippen molar-refractivity contribution in [2.45, 2.75) is 39.5 Å². The Labute approximate surface area is 172 Å². The van der Waals surface area contributed by atoms with Crippen LogP contribution in [0.2, 0.25) is 0 Å². The van der Waals surface area contributed by atoms with Crippen molar-refractivity contribution in [3.8, 4) is 0 Å². The maximum absolute atomic E-state index is 12.7. The van der Waals surface area contributed by atoms with E-state index in [1.807, 2.05) is 37.4 Å². The first-order valence-electron chi connectivity index (χ1n) is 10.6. The molecule has 0 radical (unpaired) electrons. The van der Waals surface area contributed by atoms with Gasteiger partial charge in [-0.25, -0.2) is 0 Å². The molecule has 4 heteroatoms. The average Bonchev–Trinajstić information content (AvgIpc) is 2.74. The van der Waals surface area contributed by atoms with Crippen LogP contribution in [0.3, 0.4) is 0 Å². The Balaban J connectivity index is 1.31. The van der Waals surface area contributed by atoms with Crippen molar-refractivity contribution in [1.82, 2.24) is 4.98 Å². The number of pyridine rings is 1. The molecule has 1 amide bonds. The fourth-order valence-corrected chi connectivity index (χ4v) is 4.31. The number of anilines is 2. The zero-order valence-corrected chi connectivity index (χ0v) is 17.2. The SMILES string of the molecule is Cc1ccccc1NC(=O)C1CCC(CNc2ccnc3c(C)cccc23)CC1. The number of para-hydroxylation sites is 2. The molecule has 0 aliphatic heterocycles. The largest absolute Gasteiger partial charge is 0.384 e. The molecule has 150 valence electrons. The van der Waals surface area contributed by atoms with E-state index in [0.29, 0.717) is 5.92 Å². The first-order chi connectivity index (χ1) is 14.1. The summed E-state index contributed by atoms with van der Waals surface area (Å²) in [6, 6.07) is 16.3. The van der Waals surface area contributed by atoms with Gasteiger partial charge in [-0.1, -0.05) is 36.4 Å². The Morgan fingerprint density at radius 2 is 1.69 bits per heavy atom. The lowest BCUT2D eigenvalue weighted by molar-refractivity contribution is -0.121. The van der Waals surface area contributed by atoms with E-state index in [4.69, 9.17) is 0 Å². The molecule has 1 aliphatic carbocycles. The highest BCUT2D eigenvalue weighted by molar-refractivity contribution is 5.93. The number of hydrogen-bond donors (Lipinski definition) is 2. The minimum atomic E-state index is 0.121. The fraction of sp³-hybridized carbons (Fsp3) is 0.360. The summed E-state index contributed by atoms with van der Waals surface area (Å²) in [5.74, 6) is 0.891. The van der Waals surface area contributed by atoms with Crippen LogP contribution in [0.5, 0.6) is 0 Å². The molecule has 0 unspecified atom stereocenters. The molecule has 0 bridgehead atoms. The Kier molecular flexibility index (Phi) is 5.79. The number of benzene rings is 2. The summed E-state index contributed by atoms with van der Waals surface area (Å²) >= 11 is 0. The van der Waals surface area contributed by atoms with E-state index in [-0.39, 0.29) is 11.8 Å².